The van der Waals surface area contributed by atoms with Crippen molar-refractivity contribution in [3.8, 4) is 0 Å². The first-order chi connectivity index (χ1) is 12.0. The Labute approximate surface area is 148 Å². The zero-order valence-corrected chi connectivity index (χ0v) is 14.4. The van der Waals surface area contributed by atoms with Crippen LogP contribution in [-0.2, 0) is 26.2 Å². The minimum absolute atomic E-state index is 0.0462. The van der Waals surface area contributed by atoms with Crippen LogP contribution in [-0.4, -0.2) is 41.9 Å². The van der Waals surface area contributed by atoms with Gasteiger partial charge in [0.2, 0.25) is 15.8 Å². The van der Waals surface area contributed by atoms with E-state index in [-0.39, 0.29) is 17.9 Å². The predicted octanol–water partition coefficient (Wildman–Crippen LogP) is 1.27. The van der Waals surface area contributed by atoms with Gasteiger partial charge in [-0.15, -0.1) is 0 Å². The first-order valence-electron chi connectivity index (χ1n) is 7.27. The van der Waals surface area contributed by atoms with Gasteiger partial charge in [-0.05, 0) is 23.8 Å². The van der Waals surface area contributed by atoms with E-state index in [1.807, 2.05) is 0 Å². The van der Waals surface area contributed by atoms with Crippen LogP contribution in [0, 0.1) is 5.82 Å². The van der Waals surface area contributed by atoms with Gasteiger partial charge in [-0.1, -0.05) is 12.1 Å². The monoisotopic (exact) mass is 382 g/mol. The van der Waals surface area contributed by atoms with E-state index in [2.05, 4.69) is 4.72 Å². The summed E-state index contributed by atoms with van der Waals surface area (Å²) < 4.78 is 39.3. The van der Waals surface area contributed by atoms with Gasteiger partial charge in [0.25, 0.3) is 0 Å². The van der Waals surface area contributed by atoms with Crippen molar-refractivity contribution in [3.63, 3.8) is 0 Å². The normalized spacial score (nSPS) is 11.2. The lowest BCUT2D eigenvalue weighted by molar-refractivity contribution is -0.148. The third kappa shape index (κ3) is 5.24. The fraction of sp³-hybridized carbons (Fsp3) is 0.188. The molecule has 2 rings (SSSR count). The number of anilines is 1. The summed E-state index contributed by atoms with van der Waals surface area (Å²) in [5, 5.41) is 8.63. The average molecular weight is 382 g/mol. The Morgan fingerprint density at radius 1 is 1.19 bits per heavy atom. The molecule has 1 aromatic carbocycles. The van der Waals surface area contributed by atoms with Gasteiger partial charge in [0.15, 0.2) is 5.78 Å². The molecule has 0 atom stereocenters. The molecule has 0 saturated carbocycles. The molecular weight excluding hydrogens is 367 g/mol. The van der Waals surface area contributed by atoms with Gasteiger partial charge >= 0.3 is 5.97 Å². The molecule has 0 aliphatic carbocycles. The highest BCUT2D eigenvalue weighted by molar-refractivity contribution is 7.92. The maximum absolute atomic E-state index is 13.0. The zero-order chi connectivity index (χ0) is 19.5. The number of hydrogen-bond acceptors (Lipinski definition) is 5. The highest BCUT2D eigenvalue weighted by Crippen LogP contribution is 2.19. The van der Waals surface area contributed by atoms with Crippen LogP contribution in [0.5, 0.6) is 0 Å². The molecule has 1 heterocycles. The molecule has 2 N–H and O–H groups in total. The van der Waals surface area contributed by atoms with Gasteiger partial charge in [0.1, 0.15) is 5.82 Å². The average Bonchev–Trinajstić information content (AvgIpc) is 2.89. The number of halogens is 1. The predicted molar refractivity (Wildman–Crippen MR) is 90.0 cm³/mol. The Kier molecular flexibility index (Phi) is 5.56. The molecule has 0 saturated heterocycles. The highest BCUT2D eigenvalue weighted by atomic mass is 32.2. The van der Waals surface area contributed by atoms with E-state index in [0.717, 1.165) is 6.26 Å². The van der Waals surface area contributed by atoms with Gasteiger partial charge in [0, 0.05) is 12.7 Å². The highest BCUT2D eigenvalue weighted by Gasteiger charge is 2.22. The number of sulfonamides is 1. The van der Waals surface area contributed by atoms with E-state index in [1.165, 1.54) is 41.1 Å². The van der Waals surface area contributed by atoms with E-state index in [0.29, 0.717) is 5.56 Å². The lowest BCUT2D eigenvalue weighted by Crippen LogP contribution is -2.19. The second kappa shape index (κ2) is 7.48. The number of carbonyl (C=O) groups excluding carboxylic acids is 2. The van der Waals surface area contributed by atoms with Gasteiger partial charge in [0.05, 0.1) is 24.1 Å². The number of Topliss-reactive ketones (excluding diaryl/α,β-unsaturated/α-hetero) is 2. The number of carboxylic acid groups (broad SMARTS) is 1. The molecule has 10 heteroatoms. The molecule has 0 amide bonds. The molecule has 2 aromatic rings. The summed E-state index contributed by atoms with van der Waals surface area (Å²) in [7, 11) is -3.61. The van der Waals surface area contributed by atoms with E-state index in [1.54, 1.807) is 0 Å². The van der Waals surface area contributed by atoms with Crippen molar-refractivity contribution >= 4 is 33.2 Å². The summed E-state index contributed by atoms with van der Waals surface area (Å²) in [5.41, 5.74) is 0.655. The molecular formula is C16H15FN2O6S. The third-order valence-electron chi connectivity index (χ3n) is 3.31. The Morgan fingerprint density at radius 3 is 2.35 bits per heavy atom. The number of nitrogens with one attached hydrogen (secondary N) is 1. The maximum atomic E-state index is 13.0. The van der Waals surface area contributed by atoms with Gasteiger partial charge in [-0.3, -0.25) is 14.3 Å². The molecule has 0 spiro atoms. The number of aliphatic carboxylic acids is 1. The molecule has 0 bridgehead atoms. The van der Waals surface area contributed by atoms with Crippen LogP contribution in [0.1, 0.15) is 22.5 Å². The van der Waals surface area contributed by atoms with E-state index in [4.69, 9.17) is 5.11 Å². The quantitative estimate of drug-likeness (QED) is 0.403. The van der Waals surface area contributed by atoms with Crippen LogP contribution in [0.3, 0.4) is 0 Å². The number of ketones is 2. The number of hydrogen-bond donors (Lipinski definition) is 2. The van der Waals surface area contributed by atoms with Crippen molar-refractivity contribution in [1.82, 2.24) is 4.57 Å². The fourth-order valence-electron chi connectivity index (χ4n) is 2.24. The minimum Gasteiger partial charge on any atom is -0.475 e. The topological polar surface area (TPSA) is 123 Å². The third-order valence-corrected chi connectivity index (χ3v) is 3.92. The number of carboxylic acids is 1. The van der Waals surface area contributed by atoms with Crippen molar-refractivity contribution in [3.05, 3.63) is 53.6 Å². The first kappa shape index (κ1) is 19.3. The minimum atomic E-state index is -3.61. The Balaban J connectivity index is 2.36. The lowest BCUT2D eigenvalue weighted by atomic mass is 10.1. The SMILES string of the molecule is CS(=O)(=O)Nc1cc(C(=O)CC(=O)C(=O)O)n(Cc2ccc(F)cc2)c1. The van der Waals surface area contributed by atoms with Gasteiger partial charge in [-0.2, -0.15) is 0 Å². The molecule has 0 unspecified atom stereocenters. The number of rotatable bonds is 8. The van der Waals surface area contributed by atoms with Crippen molar-refractivity contribution in [2.24, 2.45) is 0 Å². The molecule has 8 nitrogen and oxygen atoms in total. The second-order valence-corrected chi connectivity index (χ2v) is 7.32. The standard InChI is InChI=1S/C16H15FN2O6S/c1-26(24,25)18-12-6-13(14(20)7-15(21)16(22)23)19(9-12)8-10-2-4-11(17)5-3-10/h2-6,9,18H,7-8H2,1H3,(H,22,23). The largest absolute Gasteiger partial charge is 0.475 e. The van der Waals surface area contributed by atoms with E-state index in [9.17, 15) is 27.2 Å². The fourth-order valence-corrected chi connectivity index (χ4v) is 2.78. The van der Waals surface area contributed by atoms with E-state index < -0.39 is 39.8 Å². The maximum Gasteiger partial charge on any atom is 0.372 e. The zero-order valence-electron chi connectivity index (χ0n) is 13.6. The smallest absolute Gasteiger partial charge is 0.372 e. The van der Waals surface area contributed by atoms with Crippen LogP contribution in [0.25, 0.3) is 0 Å². The van der Waals surface area contributed by atoms with E-state index >= 15 is 0 Å². The number of carbonyl (C=O) groups is 3. The Bertz CT molecular complexity index is 963. The molecule has 138 valence electrons. The summed E-state index contributed by atoms with van der Waals surface area (Å²) in [6.07, 6.45) is 1.41. The summed E-state index contributed by atoms with van der Waals surface area (Å²) in [6, 6.07) is 6.63. The molecule has 0 radical (unpaired) electrons. The molecule has 0 fully saturated rings. The molecule has 26 heavy (non-hydrogen) atoms. The van der Waals surface area contributed by atoms with Crippen LogP contribution in [0.4, 0.5) is 10.1 Å². The Hall–Kier alpha value is -3.01. The van der Waals surface area contributed by atoms with Crippen LogP contribution in [0.15, 0.2) is 36.5 Å². The summed E-state index contributed by atoms with van der Waals surface area (Å²) in [5.74, 6) is -4.23. The summed E-state index contributed by atoms with van der Waals surface area (Å²) in [4.78, 5) is 34.2. The van der Waals surface area contributed by atoms with Crippen LogP contribution in [0.2, 0.25) is 0 Å². The number of aromatic nitrogens is 1. The number of benzene rings is 1. The molecule has 0 aliphatic rings. The second-order valence-electron chi connectivity index (χ2n) is 5.57. The lowest BCUT2D eigenvalue weighted by Gasteiger charge is -2.08. The summed E-state index contributed by atoms with van der Waals surface area (Å²) >= 11 is 0. The van der Waals surface area contributed by atoms with Crippen LogP contribution >= 0.6 is 0 Å². The van der Waals surface area contributed by atoms with Crippen LogP contribution < -0.4 is 4.72 Å². The first-order valence-corrected chi connectivity index (χ1v) is 9.16. The van der Waals surface area contributed by atoms with Crippen molar-refractivity contribution in [1.29, 1.82) is 0 Å². The van der Waals surface area contributed by atoms with Crippen molar-refractivity contribution in [2.45, 2.75) is 13.0 Å². The Morgan fingerprint density at radius 2 is 1.81 bits per heavy atom. The van der Waals surface area contributed by atoms with Crippen molar-refractivity contribution in [2.75, 3.05) is 11.0 Å². The number of nitrogens with zero attached hydrogens (tertiary/aromatic N) is 1. The molecule has 0 aliphatic heterocycles. The van der Waals surface area contributed by atoms with Crippen molar-refractivity contribution < 1.29 is 32.3 Å². The van der Waals surface area contributed by atoms with Gasteiger partial charge < -0.3 is 9.67 Å². The van der Waals surface area contributed by atoms with Gasteiger partial charge in [-0.25, -0.2) is 17.6 Å². The summed E-state index contributed by atoms with van der Waals surface area (Å²) in [6.45, 7) is 0.0913. The molecule has 1 aromatic heterocycles.